The summed E-state index contributed by atoms with van der Waals surface area (Å²) in [7, 11) is 0. The first-order valence-electron chi connectivity index (χ1n) is 9.95. The van der Waals surface area contributed by atoms with Crippen molar-refractivity contribution < 1.29 is 4.74 Å². The minimum absolute atomic E-state index is 0.130. The van der Waals surface area contributed by atoms with E-state index in [4.69, 9.17) is 21.3 Å². The first kappa shape index (κ1) is 18.7. The molecule has 0 amide bonds. The van der Waals surface area contributed by atoms with Gasteiger partial charge in [0.25, 0.3) is 0 Å². The van der Waals surface area contributed by atoms with Gasteiger partial charge in [-0.25, -0.2) is 15.4 Å². The van der Waals surface area contributed by atoms with Crippen LogP contribution in [0.2, 0.25) is 5.15 Å². The molecule has 3 aromatic rings. The van der Waals surface area contributed by atoms with Gasteiger partial charge in [-0.15, -0.1) is 0 Å². The maximum atomic E-state index is 6.57. The zero-order chi connectivity index (χ0) is 19.8. The molecule has 8 heteroatoms. The zero-order valence-corrected chi connectivity index (χ0v) is 17.0. The third kappa shape index (κ3) is 3.55. The molecule has 0 bridgehead atoms. The van der Waals surface area contributed by atoms with Crippen LogP contribution in [0.15, 0.2) is 30.5 Å². The number of anilines is 1. The van der Waals surface area contributed by atoms with Crippen molar-refractivity contribution in [3.05, 3.63) is 47.0 Å². The monoisotopic (exact) mass is 410 g/mol. The molecule has 1 unspecified atom stereocenters. The molecule has 7 nitrogen and oxygen atoms in total. The highest BCUT2D eigenvalue weighted by atomic mass is 35.5. The van der Waals surface area contributed by atoms with Crippen LogP contribution in [0, 0.1) is 6.92 Å². The summed E-state index contributed by atoms with van der Waals surface area (Å²) in [6.07, 6.45) is 2.82. The number of nitrogens with zero attached hydrogens (tertiary/aromatic N) is 4. The molecule has 150 valence electrons. The molecule has 2 aliphatic rings. The van der Waals surface area contributed by atoms with Crippen LogP contribution in [0.3, 0.4) is 0 Å². The van der Waals surface area contributed by atoms with E-state index in [-0.39, 0.29) is 6.04 Å². The van der Waals surface area contributed by atoms with Crippen molar-refractivity contribution in [2.24, 2.45) is 0 Å². The van der Waals surface area contributed by atoms with E-state index in [0.29, 0.717) is 18.4 Å². The maximum absolute atomic E-state index is 6.57. The van der Waals surface area contributed by atoms with Gasteiger partial charge in [-0.05, 0) is 43.2 Å². The van der Waals surface area contributed by atoms with Crippen LogP contribution in [0.4, 0.5) is 5.82 Å². The van der Waals surface area contributed by atoms with Crippen molar-refractivity contribution in [1.29, 1.82) is 0 Å². The van der Waals surface area contributed by atoms with E-state index < -0.39 is 0 Å². The number of rotatable bonds is 3. The minimum atomic E-state index is 0.130. The molecule has 1 atom stereocenters. The summed E-state index contributed by atoms with van der Waals surface area (Å²) in [5.74, 6) is 0.924. The van der Waals surface area contributed by atoms with Crippen LogP contribution < -0.4 is 15.8 Å². The molecule has 5 rings (SSSR count). The molecule has 2 aliphatic heterocycles. The summed E-state index contributed by atoms with van der Waals surface area (Å²) in [5, 5.41) is 1.54. The molecule has 5 heterocycles. The Bertz CT molecular complexity index is 1050. The van der Waals surface area contributed by atoms with Crippen LogP contribution in [0.1, 0.15) is 23.9 Å². The highest BCUT2D eigenvalue weighted by molar-refractivity contribution is 6.32. The van der Waals surface area contributed by atoms with Crippen molar-refractivity contribution >= 4 is 28.3 Å². The van der Waals surface area contributed by atoms with Crippen molar-refractivity contribution in [2.45, 2.75) is 19.4 Å². The fourth-order valence-corrected chi connectivity index (χ4v) is 4.30. The van der Waals surface area contributed by atoms with E-state index >= 15 is 0 Å². The highest BCUT2D eigenvalue weighted by Gasteiger charge is 2.24. The summed E-state index contributed by atoms with van der Waals surface area (Å²) < 4.78 is 5.53. The zero-order valence-electron chi connectivity index (χ0n) is 16.3. The maximum Gasteiger partial charge on any atom is 0.137 e. The Morgan fingerprint density at radius 2 is 2.00 bits per heavy atom. The molecule has 0 aliphatic carbocycles. The molecule has 3 aromatic heterocycles. The van der Waals surface area contributed by atoms with Gasteiger partial charge in [0.15, 0.2) is 0 Å². The number of halogens is 1. The molecule has 0 spiro atoms. The molecule has 2 N–H and O–H groups in total. The second kappa shape index (κ2) is 7.84. The number of pyridine rings is 3. The lowest BCUT2D eigenvalue weighted by molar-refractivity contribution is 0.122. The fourth-order valence-electron chi connectivity index (χ4n) is 4.01. The summed E-state index contributed by atoms with van der Waals surface area (Å²) in [4.78, 5) is 16.5. The molecule has 2 saturated heterocycles. The lowest BCUT2D eigenvalue weighted by Crippen LogP contribution is -2.36. The van der Waals surface area contributed by atoms with Crippen molar-refractivity contribution in [3.8, 4) is 11.1 Å². The molecule has 0 saturated carbocycles. The van der Waals surface area contributed by atoms with E-state index in [1.165, 1.54) is 0 Å². The molecule has 0 radical (unpaired) electrons. The average Bonchev–Trinajstić information content (AvgIpc) is 3.28. The topological polar surface area (TPSA) is 75.2 Å². The van der Waals surface area contributed by atoms with E-state index in [1.807, 2.05) is 31.3 Å². The van der Waals surface area contributed by atoms with Gasteiger partial charge in [0.2, 0.25) is 0 Å². The molecular weight excluding hydrogens is 388 g/mol. The Hall–Kier alpha value is -2.32. The Morgan fingerprint density at radius 1 is 1.14 bits per heavy atom. The summed E-state index contributed by atoms with van der Waals surface area (Å²) >= 11 is 6.57. The number of hydrogen-bond acceptors (Lipinski definition) is 7. The standard InChI is InChI=1S/C21H23ClN6O/c1-13-2-3-15(21(22)25-13)16-12-18(28-8-10-29-11-9-28)26-19-14(16)4-6-23-20(19)17-5-7-24-27-17/h2-4,6,12,17,24,27H,5,7-11H2,1H3. The van der Waals surface area contributed by atoms with E-state index in [0.717, 1.165) is 65.3 Å². The fraction of sp³-hybridized carbons (Fsp3) is 0.381. The number of aromatic nitrogens is 3. The third-order valence-corrected chi connectivity index (χ3v) is 5.81. The van der Waals surface area contributed by atoms with Crippen molar-refractivity contribution in [1.82, 2.24) is 25.8 Å². The van der Waals surface area contributed by atoms with Crippen molar-refractivity contribution in [2.75, 3.05) is 37.7 Å². The number of fused-ring (bicyclic) bond motifs is 1. The van der Waals surface area contributed by atoms with Gasteiger partial charge in [0.05, 0.1) is 30.5 Å². The van der Waals surface area contributed by atoms with Gasteiger partial charge in [0, 0.05) is 42.5 Å². The highest BCUT2D eigenvalue weighted by Crippen LogP contribution is 2.37. The van der Waals surface area contributed by atoms with Crippen LogP contribution >= 0.6 is 11.6 Å². The first-order valence-corrected chi connectivity index (χ1v) is 10.3. The van der Waals surface area contributed by atoms with Gasteiger partial charge in [0.1, 0.15) is 11.0 Å². The smallest absolute Gasteiger partial charge is 0.137 e. The van der Waals surface area contributed by atoms with Crippen molar-refractivity contribution in [3.63, 3.8) is 0 Å². The number of morpholine rings is 1. The second-order valence-corrected chi connectivity index (χ2v) is 7.78. The summed E-state index contributed by atoms with van der Waals surface area (Å²) in [6, 6.07) is 8.30. The Balaban J connectivity index is 1.74. The first-order chi connectivity index (χ1) is 14.2. The normalized spacial score (nSPS) is 19.8. The van der Waals surface area contributed by atoms with Gasteiger partial charge in [-0.1, -0.05) is 11.6 Å². The molecule has 0 aromatic carbocycles. The van der Waals surface area contributed by atoms with Gasteiger partial charge >= 0.3 is 0 Å². The average molecular weight is 411 g/mol. The van der Waals surface area contributed by atoms with E-state index in [1.54, 1.807) is 0 Å². The predicted molar refractivity (Wildman–Crippen MR) is 114 cm³/mol. The minimum Gasteiger partial charge on any atom is -0.378 e. The number of hydrazine groups is 1. The SMILES string of the molecule is Cc1ccc(-c2cc(N3CCOCC3)nc3c(C4CCNN4)nccc23)c(Cl)n1. The Labute approximate surface area is 174 Å². The van der Waals surface area contributed by atoms with Gasteiger partial charge < -0.3 is 9.64 Å². The third-order valence-electron chi connectivity index (χ3n) is 5.52. The lowest BCUT2D eigenvalue weighted by atomic mass is 9.99. The second-order valence-electron chi connectivity index (χ2n) is 7.42. The van der Waals surface area contributed by atoms with Crippen LogP contribution in [-0.2, 0) is 4.74 Å². The summed E-state index contributed by atoms with van der Waals surface area (Å²) in [6.45, 7) is 5.89. The number of ether oxygens (including phenoxy) is 1. The largest absolute Gasteiger partial charge is 0.378 e. The van der Waals surface area contributed by atoms with Crippen LogP contribution in [-0.4, -0.2) is 47.8 Å². The number of hydrogen-bond donors (Lipinski definition) is 2. The Morgan fingerprint density at radius 3 is 2.76 bits per heavy atom. The predicted octanol–water partition coefficient (Wildman–Crippen LogP) is 3.03. The number of nitrogens with one attached hydrogen (secondary N) is 2. The molecule has 2 fully saturated rings. The molecule has 29 heavy (non-hydrogen) atoms. The summed E-state index contributed by atoms with van der Waals surface area (Å²) in [5.41, 5.74) is 11.2. The lowest BCUT2D eigenvalue weighted by Gasteiger charge is -2.29. The van der Waals surface area contributed by atoms with E-state index in [9.17, 15) is 0 Å². The molecular formula is C21H23ClN6O. The Kier molecular flexibility index (Phi) is 5.05. The van der Waals surface area contributed by atoms with Gasteiger partial charge in [-0.2, -0.15) is 0 Å². The van der Waals surface area contributed by atoms with Crippen LogP contribution in [0.25, 0.3) is 22.0 Å². The number of aryl methyl sites for hydroxylation is 1. The van der Waals surface area contributed by atoms with Crippen LogP contribution in [0.5, 0.6) is 0 Å². The quantitative estimate of drug-likeness (QED) is 0.643. The van der Waals surface area contributed by atoms with E-state index in [2.05, 4.69) is 31.8 Å². The van der Waals surface area contributed by atoms with Gasteiger partial charge in [-0.3, -0.25) is 10.4 Å².